The first kappa shape index (κ1) is 13.2. The molecule has 0 spiro atoms. The van der Waals surface area contributed by atoms with E-state index in [-0.39, 0.29) is 5.75 Å². The summed E-state index contributed by atoms with van der Waals surface area (Å²) in [5.74, 6) is -0.683. The summed E-state index contributed by atoms with van der Waals surface area (Å²) in [5, 5.41) is 0. The smallest absolute Gasteiger partial charge is 0.333 e. The molecule has 17 heavy (non-hydrogen) atoms. The van der Waals surface area contributed by atoms with Crippen LogP contribution in [0.3, 0.4) is 0 Å². The summed E-state index contributed by atoms with van der Waals surface area (Å²) in [6, 6.07) is 4.49. The molecule has 1 rings (SSSR count). The molecule has 3 nitrogen and oxygen atoms in total. The predicted octanol–water partition coefficient (Wildman–Crippen LogP) is 2.80. The number of ether oxygens (including phenoxy) is 2. The highest BCUT2D eigenvalue weighted by Gasteiger charge is 2.06. The monoisotopic (exact) mass is 238 g/mol. The minimum Gasteiger partial charge on any atom is -0.494 e. The number of hydrogen-bond donors (Lipinski definition) is 0. The fraction of sp³-hybridized carbons (Fsp3) is 0.308. The van der Waals surface area contributed by atoms with Gasteiger partial charge in [-0.15, -0.1) is 0 Å². The maximum absolute atomic E-state index is 13.4. The van der Waals surface area contributed by atoms with E-state index < -0.39 is 11.8 Å². The number of carbonyl (C=O) groups is 1. The Balaban J connectivity index is 2.91. The number of methoxy groups -OCH3 is 1. The van der Waals surface area contributed by atoms with Crippen molar-refractivity contribution >= 4 is 12.0 Å². The molecule has 0 aliphatic rings. The van der Waals surface area contributed by atoms with Gasteiger partial charge in [0.2, 0.25) is 0 Å². The lowest BCUT2D eigenvalue weighted by Gasteiger charge is -2.04. The first-order valence-corrected chi connectivity index (χ1v) is 5.27. The fourth-order valence-electron chi connectivity index (χ4n) is 1.33. The summed E-state index contributed by atoms with van der Waals surface area (Å²) in [6.45, 7) is 3.68. The number of esters is 1. The fourth-order valence-corrected chi connectivity index (χ4v) is 1.33. The van der Waals surface area contributed by atoms with E-state index in [2.05, 4.69) is 0 Å². The molecule has 0 aromatic heterocycles. The van der Waals surface area contributed by atoms with Crippen molar-refractivity contribution in [3.05, 3.63) is 35.2 Å². The lowest BCUT2D eigenvalue weighted by molar-refractivity contribution is -0.138. The van der Waals surface area contributed by atoms with Crippen molar-refractivity contribution in [3.8, 4) is 5.75 Å². The minimum atomic E-state index is -0.460. The maximum Gasteiger partial charge on any atom is 0.333 e. The number of rotatable bonds is 4. The van der Waals surface area contributed by atoms with E-state index in [1.54, 1.807) is 26.0 Å². The van der Waals surface area contributed by atoms with Crippen molar-refractivity contribution in [1.82, 2.24) is 0 Å². The number of hydrogen-bond acceptors (Lipinski definition) is 3. The van der Waals surface area contributed by atoms with Gasteiger partial charge in [0.05, 0.1) is 13.7 Å². The Labute approximate surface area is 99.9 Å². The van der Waals surface area contributed by atoms with Crippen LogP contribution in [-0.4, -0.2) is 19.7 Å². The van der Waals surface area contributed by atoms with Crippen LogP contribution in [-0.2, 0) is 9.53 Å². The first-order valence-electron chi connectivity index (χ1n) is 5.27. The molecular weight excluding hydrogens is 223 g/mol. The highest BCUT2D eigenvalue weighted by Crippen LogP contribution is 2.19. The largest absolute Gasteiger partial charge is 0.494 e. The Morgan fingerprint density at radius 3 is 2.71 bits per heavy atom. The van der Waals surface area contributed by atoms with Crippen molar-refractivity contribution in [3.63, 3.8) is 0 Å². The van der Waals surface area contributed by atoms with Gasteiger partial charge in [-0.2, -0.15) is 0 Å². The molecule has 0 saturated carbocycles. The molecule has 0 aliphatic heterocycles. The zero-order chi connectivity index (χ0) is 12.8. The number of carbonyl (C=O) groups excluding carboxylic acids is 1. The van der Waals surface area contributed by atoms with Crippen LogP contribution in [0.2, 0.25) is 0 Å². The van der Waals surface area contributed by atoms with E-state index in [4.69, 9.17) is 9.47 Å². The minimum absolute atomic E-state index is 0.177. The van der Waals surface area contributed by atoms with Crippen LogP contribution in [0, 0.1) is 5.82 Å². The van der Waals surface area contributed by atoms with Crippen LogP contribution in [0.25, 0.3) is 6.08 Å². The van der Waals surface area contributed by atoms with E-state index in [9.17, 15) is 9.18 Å². The third-order valence-corrected chi connectivity index (χ3v) is 2.16. The van der Waals surface area contributed by atoms with E-state index in [1.807, 2.05) is 0 Å². The summed E-state index contributed by atoms with van der Waals surface area (Å²) in [6.07, 6.45) is 1.57. The molecule has 1 aromatic rings. The molecule has 0 N–H and O–H groups in total. The Morgan fingerprint density at radius 1 is 1.47 bits per heavy atom. The van der Waals surface area contributed by atoms with Gasteiger partial charge >= 0.3 is 5.97 Å². The second-order valence-corrected chi connectivity index (χ2v) is 3.44. The molecule has 0 radical (unpaired) electrons. The van der Waals surface area contributed by atoms with E-state index in [0.29, 0.717) is 17.7 Å². The summed E-state index contributed by atoms with van der Waals surface area (Å²) in [7, 11) is 1.40. The normalized spacial score (nSPS) is 11.2. The predicted molar refractivity (Wildman–Crippen MR) is 63.2 cm³/mol. The highest BCUT2D eigenvalue weighted by molar-refractivity contribution is 5.92. The summed E-state index contributed by atoms with van der Waals surface area (Å²) in [4.78, 5) is 11.3. The van der Waals surface area contributed by atoms with Gasteiger partial charge in [-0.3, -0.25) is 0 Å². The summed E-state index contributed by atoms with van der Waals surface area (Å²) in [5.41, 5.74) is 1.02. The van der Waals surface area contributed by atoms with Crippen LogP contribution in [0.15, 0.2) is 23.8 Å². The van der Waals surface area contributed by atoms with Gasteiger partial charge in [-0.05, 0) is 37.6 Å². The zero-order valence-corrected chi connectivity index (χ0v) is 10.1. The zero-order valence-electron chi connectivity index (χ0n) is 10.1. The summed E-state index contributed by atoms with van der Waals surface area (Å²) >= 11 is 0. The first-order chi connectivity index (χ1) is 8.08. The van der Waals surface area contributed by atoms with Crippen LogP contribution in [0.5, 0.6) is 5.75 Å². The topological polar surface area (TPSA) is 35.5 Å². The van der Waals surface area contributed by atoms with Gasteiger partial charge in [0.25, 0.3) is 0 Å². The van der Waals surface area contributed by atoms with Gasteiger partial charge < -0.3 is 9.47 Å². The van der Waals surface area contributed by atoms with Gasteiger partial charge in [0.1, 0.15) is 0 Å². The third kappa shape index (κ3) is 3.59. The van der Waals surface area contributed by atoms with E-state index in [1.165, 1.54) is 19.2 Å². The third-order valence-electron chi connectivity index (χ3n) is 2.16. The molecule has 0 bridgehead atoms. The standard InChI is InChI=1S/C13H15FO3/c1-4-17-13(15)9(2)7-10-5-6-12(16-3)11(14)8-10/h5-8H,4H2,1-3H3. The second-order valence-electron chi connectivity index (χ2n) is 3.44. The molecule has 0 atom stereocenters. The molecule has 0 heterocycles. The van der Waals surface area contributed by atoms with Crippen LogP contribution in [0.1, 0.15) is 19.4 Å². The molecule has 4 heteroatoms. The molecule has 0 unspecified atom stereocenters. The maximum atomic E-state index is 13.4. The molecule has 1 aromatic carbocycles. The van der Waals surface area contributed by atoms with Crippen molar-refractivity contribution in [2.75, 3.05) is 13.7 Å². The van der Waals surface area contributed by atoms with Crippen LogP contribution in [0.4, 0.5) is 4.39 Å². The number of benzene rings is 1. The molecular formula is C13H15FO3. The highest BCUT2D eigenvalue weighted by atomic mass is 19.1. The lowest BCUT2D eigenvalue weighted by atomic mass is 10.1. The van der Waals surface area contributed by atoms with Crippen molar-refractivity contribution < 1.29 is 18.7 Å². The van der Waals surface area contributed by atoms with Gasteiger partial charge in [-0.25, -0.2) is 9.18 Å². The Hall–Kier alpha value is -1.84. The van der Waals surface area contributed by atoms with Crippen molar-refractivity contribution in [2.45, 2.75) is 13.8 Å². The Morgan fingerprint density at radius 2 is 2.18 bits per heavy atom. The molecule has 0 saturated heterocycles. The van der Waals surface area contributed by atoms with Gasteiger partial charge in [0, 0.05) is 5.57 Å². The quantitative estimate of drug-likeness (QED) is 0.597. The molecule has 0 fully saturated rings. The molecule has 0 amide bonds. The summed E-state index contributed by atoms with van der Waals surface area (Å²) < 4.78 is 23.0. The average Bonchev–Trinajstić information content (AvgIpc) is 2.29. The van der Waals surface area contributed by atoms with E-state index in [0.717, 1.165) is 0 Å². The van der Waals surface area contributed by atoms with E-state index >= 15 is 0 Å². The molecule has 92 valence electrons. The Bertz CT molecular complexity index is 438. The van der Waals surface area contributed by atoms with Crippen molar-refractivity contribution in [2.24, 2.45) is 0 Å². The average molecular weight is 238 g/mol. The number of halogens is 1. The van der Waals surface area contributed by atoms with Crippen molar-refractivity contribution in [1.29, 1.82) is 0 Å². The van der Waals surface area contributed by atoms with Gasteiger partial charge in [0.15, 0.2) is 11.6 Å². The Kier molecular flexibility index (Phi) is 4.69. The molecule has 0 aliphatic carbocycles. The lowest BCUT2D eigenvalue weighted by Crippen LogP contribution is -2.04. The second kappa shape index (κ2) is 6.03. The van der Waals surface area contributed by atoms with Crippen LogP contribution < -0.4 is 4.74 Å². The van der Waals surface area contributed by atoms with Gasteiger partial charge in [-0.1, -0.05) is 6.07 Å². The van der Waals surface area contributed by atoms with Crippen LogP contribution >= 0.6 is 0 Å². The SMILES string of the molecule is CCOC(=O)C(C)=Cc1ccc(OC)c(F)c1.